The van der Waals surface area contributed by atoms with Crippen LogP contribution in [0.5, 0.6) is 0 Å². The van der Waals surface area contributed by atoms with E-state index in [0.717, 1.165) is 6.54 Å². The van der Waals surface area contributed by atoms with Crippen LogP contribution in [0.25, 0.3) is 0 Å². The van der Waals surface area contributed by atoms with E-state index in [4.69, 9.17) is 0 Å². The van der Waals surface area contributed by atoms with Crippen molar-refractivity contribution in [3.63, 3.8) is 0 Å². The molecule has 1 heterocycles. The van der Waals surface area contributed by atoms with Gasteiger partial charge in [-0.3, -0.25) is 0 Å². The highest BCUT2D eigenvalue weighted by Gasteiger charge is 2.25. The van der Waals surface area contributed by atoms with Crippen LogP contribution in [0, 0.1) is 0 Å². The minimum atomic E-state index is 0.536. The quantitative estimate of drug-likeness (QED) is 0.803. The van der Waals surface area contributed by atoms with Gasteiger partial charge in [-0.2, -0.15) is 0 Å². The maximum absolute atomic E-state index is 3.45. The molecule has 1 saturated heterocycles. The van der Waals surface area contributed by atoms with E-state index < -0.39 is 0 Å². The monoisotopic (exact) mass is 208 g/mol. The normalized spacial score (nSPS) is 28.1. The number of benzene rings is 1. The third kappa shape index (κ3) is 2.29. The molecule has 14 heavy (non-hydrogen) atoms. The molecule has 2 nitrogen and oxygen atoms in total. The Kier molecular flexibility index (Phi) is 3.11. The van der Waals surface area contributed by atoms with Crippen molar-refractivity contribution in [2.24, 2.45) is 0 Å². The highest BCUT2D eigenvalue weighted by atomic mass is 32.2. The van der Waals surface area contributed by atoms with E-state index in [-0.39, 0.29) is 0 Å². The molecular weight excluding hydrogens is 192 g/mol. The zero-order valence-corrected chi connectivity index (χ0v) is 9.42. The van der Waals surface area contributed by atoms with Gasteiger partial charge in [0.1, 0.15) is 0 Å². The van der Waals surface area contributed by atoms with E-state index >= 15 is 0 Å². The zero-order valence-electron chi connectivity index (χ0n) is 8.60. The first-order valence-corrected chi connectivity index (χ1v) is 5.92. The molecule has 1 aliphatic rings. The van der Waals surface area contributed by atoms with Crippen molar-refractivity contribution in [1.82, 2.24) is 10.4 Å². The summed E-state index contributed by atoms with van der Waals surface area (Å²) in [5.41, 5.74) is 4.81. The Morgan fingerprint density at radius 2 is 2.00 bits per heavy atom. The van der Waals surface area contributed by atoms with Crippen LogP contribution >= 0.6 is 11.8 Å². The fraction of sp³-hybridized carbons (Fsp3) is 0.455. The van der Waals surface area contributed by atoms with Crippen LogP contribution in [0.2, 0.25) is 0 Å². The summed E-state index contributed by atoms with van der Waals surface area (Å²) >= 11 is 1.96. The standard InChI is InChI=1S/C11H16N2S/c1-9-12-13(10(2)14-9)8-11-6-4-3-5-7-11/h3-7,9-10,12H,8H2,1-2H3. The molecule has 0 spiro atoms. The minimum absolute atomic E-state index is 0.536. The minimum Gasteiger partial charge on any atom is -0.241 e. The van der Waals surface area contributed by atoms with Gasteiger partial charge in [0.15, 0.2) is 0 Å². The molecule has 1 aliphatic heterocycles. The molecule has 1 fully saturated rings. The molecule has 0 amide bonds. The number of nitrogens with one attached hydrogen (secondary N) is 1. The molecule has 1 aromatic rings. The molecule has 1 N–H and O–H groups in total. The Labute approximate surface area is 89.7 Å². The third-order valence-electron chi connectivity index (χ3n) is 2.38. The van der Waals surface area contributed by atoms with Gasteiger partial charge in [-0.25, -0.2) is 10.4 Å². The summed E-state index contributed by atoms with van der Waals surface area (Å²) in [5.74, 6) is 0. The average Bonchev–Trinajstić information content (AvgIpc) is 2.47. The van der Waals surface area contributed by atoms with Crippen molar-refractivity contribution in [1.29, 1.82) is 0 Å². The van der Waals surface area contributed by atoms with Crippen molar-refractivity contribution in [3.05, 3.63) is 35.9 Å². The first kappa shape index (κ1) is 10.0. The van der Waals surface area contributed by atoms with Gasteiger partial charge in [-0.05, 0) is 19.4 Å². The number of hydrogen-bond acceptors (Lipinski definition) is 3. The molecule has 0 saturated carbocycles. The van der Waals surface area contributed by atoms with Gasteiger partial charge in [0.25, 0.3) is 0 Å². The molecule has 3 heteroatoms. The maximum atomic E-state index is 3.45. The third-order valence-corrected chi connectivity index (χ3v) is 3.55. The molecule has 0 aromatic heterocycles. The second kappa shape index (κ2) is 4.34. The lowest BCUT2D eigenvalue weighted by molar-refractivity contribution is 0.189. The molecule has 2 atom stereocenters. The first-order chi connectivity index (χ1) is 6.75. The van der Waals surface area contributed by atoms with Gasteiger partial charge < -0.3 is 0 Å². The fourth-order valence-electron chi connectivity index (χ4n) is 1.69. The van der Waals surface area contributed by atoms with Crippen LogP contribution < -0.4 is 5.43 Å². The second-order valence-electron chi connectivity index (χ2n) is 3.62. The van der Waals surface area contributed by atoms with Gasteiger partial charge in [-0.15, -0.1) is 11.8 Å². The van der Waals surface area contributed by atoms with Crippen molar-refractivity contribution in [3.8, 4) is 0 Å². The van der Waals surface area contributed by atoms with E-state index in [9.17, 15) is 0 Å². The van der Waals surface area contributed by atoms with Crippen molar-refractivity contribution >= 4 is 11.8 Å². The Morgan fingerprint density at radius 1 is 1.29 bits per heavy atom. The van der Waals surface area contributed by atoms with Gasteiger partial charge in [-0.1, -0.05) is 30.3 Å². The van der Waals surface area contributed by atoms with Crippen LogP contribution in [0.3, 0.4) is 0 Å². The molecule has 0 radical (unpaired) electrons. The van der Waals surface area contributed by atoms with Crippen molar-refractivity contribution in [2.45, 2.75) is 31.1 Å². The van der Waals surface area contributed by atoms with Gasteiger partial charge >= 0.3 is 0 Å². The summed E-state index contributed by atoms with van der Waals surface area (Å²) in [7, 11) is 0. The Morgan fingerprint density at radius 3 is 2.57 bits per heavy atom. The second-order valence-corrected chi connectivity index (χ2v) is 5.28. The number of thioether (sulfide) groups is 1. The molecular formula is C11H16N2S. The SMILES string of the molecule is CC1NN(Cc2ccccc2)C(C)S1. The van der Waals surface area contributed by atoms with Gasteiger partial charge in [0, 0.05) is 6.54 Å². The molecule has 2 rings (SSSR count). The topological polar surface area (TPSA) is 15.3 Å². The molecule has 76 valence electrons. The highest BCUT2D eigenvalue weighted by molar-refractivity contribution is 8.00. The largest absolute Gasteiger partial charge is 0.241 e. The number of hydrogen-bond donors (Lipinski definition) is 1. The Hall–Kier alpha value is -0.510. The van der Waals surface area contributed by atoms with Crippen LogP contribution in [-0.2, 0) is 6.54 Å². The molecule has 2 unspecified atom stereocenters. The van der Waals surface area contributed by atoms with Crippen LogP contribution in [-0.4, -0.2) is 15.8 Å². The Balaban J connectivity index is 1.98. The number of hydrazine groups is 1. The van der Waals surface area contributed by atoms with Crippen LogP contribution in [0.4, 0.5) is 0 Å². The molecule has 1 aromatic carbocycles. The van der Waals surface area contributed by atoms with E-state index in [1.165, 1.54) is 5.56 Å². The molecule has 0 aliphatic carbocycles. The fourth-order valence-corrected chi connectivity index (χ4v) is 2.76. The Bertz CT molecular complexity index is 289. The van der Waals surface area contributed by atoms with E-state index in [2.05, 4.69) is 54.6 Å². The van der Waals surface area contributed by atoms with E-state index in [0.29, 0.717) is 10.7 Å². The summed E-state index contributed by atoms with van der Waals surface area (Å²) in [5, 5.41) is 3.39. The summed E-state index contributed by atoms with van der Waals surface area (Å²) in [4.78, 5) is 0. The predicted octanol–water partition coefficient (Wildman–Crippen LogP) is 2.43. The highest BCUT2D eigenvalue weighted by Crippen LogP contribution is 2.26. The lowest BCUT2D eigenvalue weighted by atomic mass is 10.2. The zero-order chi connectivity index (χ0) is 9.97. The summed E-state index contributed by atoms with van der Waals surface area (Å²) < 4.78 is 0. The lowest BCUT2D eigenvalue weighted by Crippen LogP contribution is -2.36. The number of rotatable bonds is 2. The lowest BCUT2D eigenvalue weighted by Gasteiger charge is -2.19. The smallest absolute Gasteiger partial charge is 0.0688 e. The van der Waals surface area contributed by atoms with Crippen LogP contribution in [0.1, 0.15) is 19.4 Å². The summed E-state index contributed by atoms with van der Waals surface area (Å²) in [6.45, 7) is 5.43. The van der Waals surface area contributed by atoms with Gasteiger partial charge in [0.2, 0.25) is 0 Å². The summed E-state index contributed by atoms with van der Waals surface area (Å²) in [6, 6.07) is 10.6. The predicted molar refractivity (Wildman–Crippen MR) is 61.6 cm³/mol. The van der Waals surface area contributed by atoms with Crippen molar-refractivity contribution in [2.75, 3.05) is 0 Å². The molecule has 0 bridgehead atoms. The van der Waals surface area contributed by atoms with E-state index in [1.54, 1.807) is 0 Å². The average molecular weight is 208 g/mol. The van der Waals surface area contributed by atoms with E-state index in [1.807, 2.05) is 11.8 Å². The summed E-state index contributed by atoms with van der Waals surface area (Å²) in [6.07, 6.45) is 0. The van der Waals surface area contributed by atoms with Crippen LogP contribution in [0.15, 0.2) is 30.3 Å². The first-order valence-electron chi connectivity index (χ1n) is 4.98. The van der Waals surface area contributed by atoms with Crippen molar-refractivity contribution < 1.29 is 0 Å². The maximum Gasteiger partial charge on any atom is 0.0688 e. The van der Waals surface area contributed by atoms with Gasteiger partial charge in [0.05, 0.1) is 10.7 Å². The number of nitrogens with zero attached hydrogens (tertiary/aromatic N) is 1.